The predicted molar refractivity (Wildman–Crippen MR) is 77.1 cm³/mol. The lowest BCUT2D eigenvalue weighted by Crippen LogP contribution is -2.29. The fourth-order valence-corrected chi connectivity index (χ4v) is 2.65. The smallest absolute Gasteiger partial charge is 0.137 e. The summed E-state index contributed by atoms with van der Waals surface area (Å²) in [6.45, 7) is 5.78. The Labute approximate surface area is 114 Å². The molecule has 3 N–H and O–H groups in total. The van der Waals surface area contributed by atoms with Gasteiger partial charge in [0.05, 0.1) is 5.60 Å². The summed E-state index contributed by atoms with van der Waals surface area (Å²) in [5, 5.41) is 10.2. The van der Waals surface area contributed by atoms with Gasteiger partial charge in [0.2, 0.25) is 0 Å². The van der Waals surface area contributed by atoms with E-state index in [1.54, 1.807) is 0 Å². The normalized spacial score (nSPS) is 24.3. The van der Waals surface area contributed by atoms with E-state index >= 15 is 0 Å². The Balaban J connectivity index is 2.23. The number of hydrogen-bond donors (Lipinski definition) is 2. The number of anilines is 2. The highest BCUT2D eigenvalue weighted by molar-refractivity contribution is 5.56. The maximum atomic E-state index is 10.2. The Morgan fingerprint density at radius 1 is 1.37 bits per heavy atom. The average molecular weight is 264 g/mol. The summed E-state index contributed by atoms with van der Waals surface area (Å²) < 4.78 is 0. The standard InChI is InChI=1S/C14H24N4O/c1-3-5-11-12(15)16-10-17-13(11)18-8-4-6-14(2,19)7-9-18/h10,19H,3-9H2,1-2H3,(H2,15,16,17). The summed E-state index contributed by atoms with van der Waals surface area (Å²) >= 11 is 0. The average Bonchev–Trinajstić information content (AvgIpc) is 2.53. The third-order valence-corrected chi connectivity index (χ3v) is 3.82. The summed E-state index contributed by atoms with van der Waals surface area (Å²) in [6, 6.07) is 0. The molecule has 1 aromatic heterocycles. The van der Waals surface area contributed by atoms with Crippen LogP contribution in [0.2, 0.25) is 0 Å². The van der Waals surface area contributed by atoms with E-state index in [0.717, 1.165) is 56.6 Å². The lowest BCUT2D eigenvalue weighted by Gasteiger charge is -2.25. The maximum Gasteiger partial charge on any atom is 0.137 e. The highest BCUT2D eigenvalue weighted by atomic mass is 16.3. The van der Waals surface area contributed by atoms with Crippen LogP contribution < -0.4 is 10.6 Å². The number of rotatable bonds is 3. The van der Waals surface area contributed by atoms with Gasteiger partial charge in [0.1, 0.15) is 18.0 Å². The third kappa shape index (κ3) is 3.35. The fraction of sp³-hybridized carbons (Fsp3) is 0.714. The van der Waals surface area contributed by atoms with Gasteiger partial charge in [-0.25, -0.2) is 9.97 Å². The van der Waals surface area contributed by atoms with Crippen molar-refractivity contribution in [1.29, 1.82) is 0 Å². The lowest BCUT2D eigenvalue weighted by atomic mass is 9.98. The molecule has 0 amide bonds. The summed E-state index contributed by atoms with van der Waals surface area (Å²) in [4.78, 5) is 10.8. The van der Waals surface area contributed by atoms with Crippen molar-refractivity contribution in [3.05, 3.63) is 11.9 Å². The van der Waals surface area contributed by atoms with Crippen molar-refractivity contribution < 1.29 is 5.11 Å². The first kappa shape index (κ1) is 14.1. The first-order valence-electron chi connectivity index (χ1n) is 7.10. The highest BCUT2D eigenvalue weighted by Crippen LogP contribution is 2.28. The zero-order chi connectivity index (χ0) is 13.9. The maximum absolute atomic E-state index is 10.2. The number of aliphatic hydroxyl groups is 1. The molecule has 0 saturated carbocycles. The van der Waals surface area contributed by atoms with Crippen LogP contribution in [0.3, 0.4) is 0 Å². The van der Waals surface area contributed by atoms with Gasteiger partial charge in [-0.15, -0.1) is 0 Å². The van der Waals surface area contributed by atoms with Crippen LogP contribution in [0, 0.1) is 0 Å². The molecule has 5 nitrogen and oxygen atoms in total. The molecule has 19 heavy (non-hydrogen) atoms. The van der Waals surface area contributed by atoms with Crippen molar-refractivity contribution in [2.24, 2.45) is 0 Å². The third-order valence-electron chi connectivity index (χ3n) is 3.82. The molecule has 2 rings (SSSR count). The molecule has 0 bridgehead atoms. The zero-order valence-electron chi connectivity index (χ0n) is 11.9. The van der Waals surface area contributed by atoms with E-state index in [1.807, 2.05) is 6.92 Å². The van der Waals surface area contributed by atoms with Crippen molar-refractivity contribution in [3.8, 4) is 0 Å². The van der Waals surface area contributed by atoms with Gasteiger partial charge in [-0.05, 0) is 32.6 Å². The minimum Gasteiger partial charge on any atom is -0.390 e. The Morgan fingerprint density at radius 2 is 2.16 bits per heavy atom. The lowest BCUT2D eigenvalue weighted by molar-refractivity contribution is 0.0481. The molecular weight excluding hydrogens is 240 g/mol. The van der Waals surface area contributed by atoms with E-state index < -0.39 is 5.60 Å². The van der Waals surface area contributed by atoms with Gasteiger partial charge in [-0.1, -0.05) is 13.3 Å². The van der Waals surface area contributed by atoms with Gasteiger partial charge in [-0.2, -0.15) is 0 Å². The topological polar surface area (TPSA) is 75.3 Å². The minimum absolute atomic E-state index is 0.557. The van der Waals surface area contributed by atoms with Crippen LogP contribution >= 0.6 is 0 Å². The summed E-state index contributed by atoms with van der Waals surface area (Å²) in [5.41, 5.74) is 6.47. The van der Waals surface area contributed by atoms with Gasteiger partial charge >= 0.3 is 0 Å². The number of hydrogen-bond acceptors (Lipinski definition) is 5. The Bertz CT molecular complexity index is 433. The van der Waals surface area contributed by atoms with Gasteiger partial charge in [0.15, 0.2) is 0 Å². The van der Waals surface area contributed by atoms with Crippen molar-refractivity contribution >= 4 is 11.6 Å². The van der Waals surface area contributed by atoms with Gasteiger partial charge in [0.25, 0.3) is 0 Å². The predicted octanol–water partition coefficient (Wildman–Crippen LogP) is 1.75. The monoisotopic (exact) mass is 264 g/mol. The largest absolute Gasteiger partial charge is 0.390 e. The summed E-state index contributed by atoms with van der Waals surface area (Å²) in [5.74, 6) is 1.54. The quantitative estimate of drug-likeness (QED) is 0.870. The van der Waals surface area contributed by atoms with Gasteiger partial charge < -0.3 is 15.7 Å². The molecule has 1 aliphatic heterocycles. The molecule has 1 atom stereocenters. The zero-order valence-corrected chi connectivity index (χ0v) is 11.9. The Hall–Kier alpha value is -1.36. The molecular formula is C14H24N4O. The molecule has 1 fully saturated rings. The van der Waals surface area contributed by atoms with E-state index in [2.05, 4.69) is 21.8 Å². The molecule has 1 unspecified atom stereocenters. The number of nitrogens with zero attached hydrogens (tertiary/aromatic N) is 3. The number of aromatic nitrogens is 2. The molecule has 1 saturated heterocycles. The second-order valence-electron chi connectivity index (χ2n) is 5.65. The van der Waals surface area contributed by atoms with Crippen LogP contribution in [0.5, 0.6) is 0 Å². The second kappa shape index (κ2) is 5.74. The van der Waals surface area contributed by atoms with Crippen molar-refractivity contribution in [2.45, 2.75) is 51.6 Å². The molecule has 1 aliphatic rings. The second-order valence-corrected chi connectivity index (χ2v) is 5.65. The fourth-order valence-electron chi connectivity index (χ4n) is 2.65. The van der Waals surface area contributed by atoms with E-state index in [9.17, 15) is 5.11 Å². The van der Waals surface area contributed by atoms with E-state index in [0.29, 0.717) is 5.82 Å². The van der Waals surface area contributed by atoms with Crippen LogP contribution in [0.4, 0.5) is 11.6 Å². The van der Waals surface area contributed by atoms with Crippen molar-refractivity contribution in [3.63, 3.8) is 0 Å². The van der Waals surface area contributed by atoms with Crippen LogP contribution in [-0.2, 0) is 6.42 Å². The summed E-state index contributed by atoms with van der Waals surface area (Å²) in [7, 11) is 0. The van der Waals surface area contributed by atoms with Crippen LogP contribution in [0.1, 0.15) is 45.1 Å². The molecule has 0 aromatic carbocycles. The molecule has 0 aliphatic carbocycles. The first-order chi connectivity index (χ1) is 9.03. The Kier molecular flexibility index (Phi) is 4.24. The minimum atomic E-state index is -0.557. The Morgan fingerprint density at radius 3 is 2.89 bits per heavy atom. The number of nitrogen functional groups attached to an aromatic ring is 1. The van der Waals surface area contributed by atoms with E-state index in [-0.39, 0.29) is 0 Å². The van der Waals surface area contributed by atoms with E-state index in [1.165, 1.54) is 6.33 Å². The van der Waals surface area contributed by atoms with Gasteiger partial charge in [0, 0.05) is 18.7 Å². The SMILES string of the molecule is CCCc1c(N)ncnc1N1CCCC(C)(O)CC1. The van der Waals surface area contributed by atoms with Gasteiger partial charge in [-0.3, -0.25) is 0 Å². The first-order valence-corrected chi connectivity index (χ1v) is 7.10. The van der Waals surface area contributed by atoms with Crippen molar-refractivity contribution in [2.75, 3.05) is 23.7 Å². The molecule has 1 aromatic rings. The van der Waals surface area contributed by atoms with Crippen LogP contribution in [0.15, 0.2) is 6.33 Å². The highest BCUT2D eigenvalue weighted by Gasteiger charge is 2.26. The number of nitrogens with two attached hydrogens (primary N) is 1. The van der Waals surface area contributed by atoms with Crippen molar-refractivity contribution in [1.82, 2.24) is 9.97 Å². The van der Waals surface area contributed by atoms with E-state index in [4.69, 9.17) is 5.73 Å². The molecule has 5 heteroatoms. The molecule has 0 radical (unpaired) electrons. The molecule has 0 spiro atoms. The van der Waals surface area contributed by atoms with Crippen LogP contribution in [-0.4, -0.2) is 33.8 Å². The molecule has 2 heterocycles. The van der Waals surface area contributed by atoms with Crippen LogP contribution in [0.25, 0.3) is 0 Å². The summed E-state index contributed by atoms with van der Waals surface area (Å²) in [6.07, 6.45) is 6.04. The molecule has 106 valence electrons.